The van der Waals surface area contributed by atoms with E-state index in [9.17, 15) is 14.7 Å². The van der Waals surface area contributed by atoms with Crippen molar-refractivity contribution >= 4 is 24.1 Å². The Morgan fingerprint density at radius 3 is 2.29 bits per heavy atom. The fraction of sp³-hybridized carbons (Fsp3) is 0.333. The maximum atomic E-state index is 11.4. The molecule has 5 heteroatoms. The van der Waals surface area contributed by atoms with Crippen LogP contribution in [-0.4, -0.2) is 35.7 Å². The van der Waals surface area contributed by atoms with Gasteiger partial charge in [-0.05, 0) is 30.9 Å². The minimum absolute atomic E-state index is 0.524. The van der Waals surface area contributed by atoms with Crippen molar-refractivity contribution in [2.24, 2.45) is 0 Å². The molecule has 0 fully saturated rings. The van der Waals surface area contributed by atoms with E-state index < -0.39 is 11.5 Å². The number of aliphatic carboxylic acids is 1. The van der Waals surface area contributed by atoms with Crippen LogP contribution in [0.4, 0.5) is 0 Å². The van der Waals surface area contributed by atoms with Gasteiger partial charge in [-0.2, -0.15) is 0 Å². The van der Waals surface area contributed by atoms with E-state index >= 15 is 0 Å². The van der Waals surface area contributed by atoms with Crippen molar-refractivity contribution in [2.75, 3.05) is 13.3 Å². The first-order chi connectivity index (χ1) is 7.96. The van der Waals surface area contributed by atoms with Crippen LogP contribution in [0.25, 0.3) is 0 Å². The van der Waals surface area contributed by atoms with Crippen molar-refractivity contribution < 1.29 is 14.7 Å². The van der Waals surface area contributed by atoms with Gasteiger partial charge in [-0.25, -0.2) is 4.79 Å². The lowest BCUT2D eigenvalue weighted by atomic mass is 9.91. The first-order valence-corrected chi connectivity index (χ1v) is 6.25. The third-order valence-corrected chi connectivity index (χ3v) is 3.68. The number of hydrogen-bond acceptors (Lipinski definition) is 3. The monoisotopic (exact) mass is 253 g/mol. The lowest BCUT2D eigenvalue weighted by Crippen LogP contribution is -2.47. The lowest BCUT2D eigenvalue weighted by Gasteiger charge is -2.32. The molecule has 1 atom stereocenters. The molecule has 1 N–H and O–H groups in total. The highest BCUT2D eigenvalue weighted by Gasteiger charge is 2.39. The van der Waals surface area contributed by atoms with Gasteiger partial charge in [-0.15, -0.1) is 11.8 Å². The molecule has 1 unspecified atom stereocenters. The lowest BCUT2D eigenvalue weighted by molar-refractivity contribution is -0.153. The largest absolute Gasteiger partial charge is 0.479 e. The summed E-state index contributed by atoms with van der Waals surface area (Å²) < 4.78 is 0. The topological polar surface area (TPSA) is 57.6 Å². The highest BCUT2D eigenvalue weighted by atomic mass is 32.2. The number of benzene rings is 1. The van der Waals surface area contributed by atoms with Gasteiger partial charge in [-0.1, -0.05) is 12.1 Å². The fourth-order valence-corrected chi connectivity index (χ4v) is 1.91. The zero-order valence-corrected chi connectivity index (χ0v) is 10.8. The number of carbonyl (C=O) groups is 2. The molecular weight excluding hydrogens is 238 g/mol. The van der Waals surface area contributed by atoms with Gasteiger partial charge in [0.1, 0.15) is 0 Å². The van der Waals surface area contributed by atoms with Gasteiger partial charge in [-0.3, -0.25) is 4.79 Å². The summed E-state index contributed by atoms with van der Waals surface area (Å²) in [5.74, 6) is -1.05. The van der Waals surface area contributed by atoms with Gasteiger partial charge < -0.3 is 10.0 Å². The summed E-state index contributed by atoms with van der Waals surface area (Å²) in [5.41, 5.74) is -0.754. The number of carboxylic acid groups (broad SMARTS) is 1. The van der Waals surface area contributed by atoms with Crippen LogP contribution in [0.15, 0.2) is 29.2 Å². The van der Waals surface area contributed by atoms with E-state index in [0.29, 0.717) is 12.0 Å². The molecule has 0 bridgehead atoms. The number of carboxylic acids is 1. The number of hydrogen-bond donors (Lipinski definition) is 1. The summed E-state index contributed by atoms with van der Waals surface area (Å²) >= 11 is 1.58. The van der Waals surface area contributed by atoms with E-state index in [1.807, 2.05) is 18.4 Å². The Hall–Kier alpha value is -1.49. The summed E-state index contributed by atoms with van der Waals surface area (Å²) in [6.45, 7) is 1.51. The SMILES string of the molecule is CSc1ccc(C(C)(C(=O)O)N(C)C=O)cc1. The Balaban J connectivity index is 3.22. The van der Waals surface area contributed by atoms with E-state index in [0.717, 1.165) is 9.80 Å². The standard InChI is InChI=1S/C12H15NO3S/c1-12(11(15)16,13(2)8-14)9-4-6-10(17-3)7-5-9/h4-8H,1-3H3,(H,15,16). The molecular formula is C12H15NO3S. The van der Waals surface area contributed by atoms with E-state index in [4.69, 9.17) is 0 Å². The summed E-state index contributed by atoms with van der Waals surface area (Å²) in [6.07, 6.45) is 2.47. The van der Waals surface area contributed by atoms with Crippen LogP contribution in [0.5, 0.6) is 0 Å². The van der Waals surface area contributed by atoms with Gasteiger partial charge in [0.05, 0.1) is 0 Å². The quantitative estimate of drug-likeness (QED) is 0.642. The van der Waals surface area contributed by atoms with Crippen LogP contribution < -0.4 is 0 Å². The first kappa shape index (κ1) is 13.6. The fourth-order valence-electron chi connectivity index (χ4n) is 1.50. The van der Waals surface area contributed by atoms with E-state index in [1.165, 1.54) is 14.0 Å². The van der Waals surface area contributed by atoms with Crippen LogP contribution >= 0.6 is 11.8 Å². The maximum absolute atomic E-state index is 11.4. The molecule has 0 aromatic heterocycles. The second-order valence-electron chi connectivity index (χ2n) is 3.82. The van der Waals surface area contributed by atoms with Crippen LogP contribution in [0, 0.1) is 0 Å². The zero-order valence-electron chi connectivity index (χ0n) is 10.0. The molecule has 0 saturated heterocycles. The Morgan fingerprint density at radius 2 is 1.94 bits per heavy atom. The average molecular weight is 253 g/mol. The third kappa shape index (κ3) is 2.44. The predicted molar refractivity (Wildman–Crippen MR) is 67.0 cm³/mol. The molecule has 0 saturated carbocycles. The smallest absolute Gasteiger partial charge is 0.334 e. The normalized spacial score (nSPS) is 13.8. The second kappa shape index (κ2) is 5.23. The number of likely N-dealkylation sites (N-methyl/N-ethyl adjacent to an activating group) is 1. The van der Waals surface area contributed by atoms with Crippen LogP contribution in [0.2, 0.25) is 0 Å². The molecule has 17 heavy (non-hydrogen) atoms. The molecule has 0 aliphatic carbocycles. The minimum atomic E-state index is -1.33. The maximum Gasteiger partial charge on any atom is 0.334 e. The van der Waals surface area contributed by atoms with E-state index in [2.05, 4.69) is 0 Å². The van der Waals surface area contributed by atoms with Crippen molar-refractivity contribution in [3.63, 3.8) is 0 Å². The summed E-state index contributed by atoms with van der Waals surface area (Å²) in [7, 11) is 1.46. The van der Waals surface area contributed by atoms with Crippen molar-refractivity contribution in [3.05, 3.63) is 29.8 Å². The number of carbonyl (C=O) groups excluding carboxylic acids is 1. The number of thioether (sulfide) groups is 1. The van der Waals surface area contributed by atoms with Gasteiger partial charge in [0.25, 0.3) is 0 Å². The number of rotatable bonds is 5. The molecule has 0 spiro atoms. The van der Waals surface area contributed by atoms with Gasteiger partial charge >= 0.3 is 5.97 Å². The molecule has 1 amide bonds. The van der Waals surface area contributed by atoms with Crippen LogP contribution in [0.1, 0.15) is 12.5 Å². The van der Waals surface area contributed by atoms with Gasteiger partial charge in [0.2, 0.25) is 6.41 Å². The predicted octanol–water partition coefficient (Wildman–Crippen LogP) is 1.80. The Bertz CT molecular complexity index is 418. The molecule has 1 rings (SSSR count). The average Bonchev–Trinajstić information content (AvgIpc) is 2.36. The molecule has 4 nitrogen and oxygen atoms in total. The summed E-state index contributed by atoms with van der Waals surface area (Å²) in [4.78, 5) is 24.4. The number of nitrogens with zero attached hydrogens (tertiary/aromatic N) is 1. The zero-order chi connectivity index (χ0) is 13.1. The Kier molecular flexibility index (Phi) is 4.17. The Morgan fingerprint density at radius 1 is 1.41 bits per heavy atom. The summed E-state index contributed by atoms with van der Waals surface area (Å²) in [6, 6.07) is 7.17. The van der Waals surface area contributed by atoms with Gasteiger partial charge in [0.15, 0.2) is 5.54 Å². The first-order valence-electron chi connectivity index (χ1n) is 5.03. The van der Waals surface area contributed by atoms with Crippen molar-refractivity contribution in [2.45, 2.75) is 17.4 Å². The molecule has 0 aliphatic rings. The molecule has 0 aliphatic heterocycles. The highest BCUT2D eigenvalue weighted by Crippen LogP contribution is 2.28. The molecule has 92 valence electrons. The minimum Gasteiger partial charge on any atom is -0.479 e. The molecule has 0 radical (unpaired) electrons. The summed E-state index contributed by atoms with van der Waals surface area (Å²) in [5, 5.41) is 9.31. The molecule has 1 aromatic carbocycles. The Labute approximate surface area is 105 Å². The van der Waals surface area contributed by atoms with Crippen molar-refractivity contribution in [1.82, 2.24) is 4.90 Å². The molecule has 1 aromatic rings. The second-order valence-corrected chi connectivity index (χ2v) is 4.70. The van der Waals surface area contributed by atoms with Crippen LogP contribution in [0.3, 0.4) is 0 Å². The third-order valence-electron chi connectivity index (χ3n) is 2.93. The molecule has 0 heterocycles. The van der Waals surface area contributed by atoms with Crippen molar-refractivity contribution in [1.29, 1.82) is 0 Å². The van der Waals surface area contributed by atoms with E-state index in [1.54, 1.807) is 23.9 Å². The van der Waals surface area contributed by atoms with Gasteiger partial charge in [0, 0.05) is 11.9 Å². The van der Waals surface area contributed by atoms with E-state index in [-0.39, 0.29) is 0 Å². The van der Waals surface area contributed by atoms with Crippen LogP contribution in [-0.2, 0) is 15.1 Å². The van der Waals surface area contributed by atoms with Crippen molar-refractivity contribution in [3.8, 4) is 0 Å². The highest BCUT2D eigenvalue weighted by molar-refractivity contribution is 7.98. The number of amides is 1.